The van der Waals surface area contributed by atoms with Crippen molar-refractivity contribution in [3.05, 3.63) is 64.1 Å². The summed E-state index contributed by atoms with van der Waals surface area (Å²) in [7, 11) is 0. The van der Waals surface area contributed by atoms with Gasteiger partial charge in [-0.15, -0.1) is 0 Å². The number of phenolic OH excluding ortho intramolecular Hbond substituents is 1. The van der Waals surface area contributed by atoms with Crippen LogP contribution in [0, 0.1) is 6.92 Å². The molecule has 1 saturated heterocycles. The molecule has 2 N–H and O–H groups in total. The monoisotopic (exact) mass is 428 g/mol. The van der Waals surface area contributed by atoms with E-state index in [4.69, 9.17) is 32.9 Å². The predicted molar refractivity (Wildman–Crippen MR) is 119 cm³/mol. The van der Waals surface area contributed by atoms with Crippen molar-refractivity contribution >= 4 is 29.0 Å². The summed E-state index contributed by atoms with van der Waals surface area (Å²) in [5.41, 5.74) is 4.20. The van der Waals surface area contributed by atoms with Gasteiger partial charge in [-0.3, -0.25) is 0 Å². The molecule has 6 heteroatoms. The van der Waals surface area contributed by atoms with E-state index in [0.717, 1.165) is 36.1 Å². The first kappa shape index (κ1) is 20.0. The van der Waals surface area contributed by atoms with Crippen molar-refractivity contribution in [3.8, 4) is 28.1 Å². The first-order valence-electron chi connectivity index (χ1n) is 9.62. The summed E-state index contributed by atoms with van der Waals surface area (Å²) in [6.45, 7) is 3.48. The lowest BCUT2D eigenvalue weighted by molar-refractivity contribution is 0.120. The minimum Gasteiger partial charge on any atom is -0.507 e. The molecule has 2 heterocycles. The van der Waals surface area contributed by atoms with Crippen molar-refractivity contribution in [1.82, 2.24) is 4.98 Å². The second-order valence-electron chi connectivity index (χ2n) is 7.32. The van der Waals surface area contributed by atoms with Crippen LogP contribution in [0.5, 0.6) is 5.75 Å². The fourth-order valence-corrected chi connectivity index (χ4v) is 4.05. The number of nitrogens with zero attached hydrogens (tertiary/aromatic N) is 1. The first-order chi connectivity index (χ1) is 14.0. The predicted octanol–water partition coefficient (Wildman–Crippen LogP) is 6.33. The van der Waals surface area contributed by atoms with Gasteiger partial charge in [0.15, 0.2) is 0 Å². The normalized spacial score (nSPS) is 16.2. The van der Waals surface area contributed by atoms with Crippen LogP contribution in [0.2, 0.25) is 10.0 Å². The summed E-state index contributed by atoms with van der Waals surface area (Å²) in [6.07, 6.45) is 2.32. The Morgan fingerprint density at radius 2 is 1.83 bits per heavy atom. The number of phenols is 1. The number of aryl methyl sites for hydroxylation is 1. The van der Waals surface area contributed by atoms with Gasteiger partial charge in [0, 0.05) is 28.8 Å². The van der Waals surface area contributed by atoms with Crippen LogP contribution < -0.4 is 5.32 Å². The Balaban J connectivity index is 1.77. The van der Waals surface area contributed by atoms with E-state index in [9.17, 15) is 5.11 Å². The SMILES string of the molecule is Cc1ccc(O)c(-c2cc(-c3cc(Cl)cc(Cl)c3)cc(NCC3CCCO3)n2)c1. The Morgan fingerprint density at radius 3 is 2.55 bits per heavy atom. The van der Waals surface area contributed by atoms with Gasteiger partial charge in [-0.05, 0) is 73.4 Å². The minimum atomic E-state index is 0.189. The van der Waals surface area contributed by atoms with Gasteiger partial charge in [0.05, 0.1) is 11.8 Å². The van der Waals surface area contributed by atoms with Crippen LogP contribution in [0.4, 0.5) is 5.82 Å². The highest BCUT2D eigenvalue weighted by Crippen LogP contribution is 2.35. The molecular formula is C23H22Cl2N2O2. The molecule has 0 radical (unpaired) electrons. The third-order valence-corrected chi connectivity index (χ3v) is 5.42. The topological polar surface area (TPSA) is 54.4 Å². The second-order valence-corrected chi connectivity index (χ2v) is 8.19. The third-order valence-electron chi connectivity index (χ3n) is 4.98. The Bertz CT molecular complexity index is 1010. The molecule has 0 amide bonds. The zero-order chi connectivity index (χ0) is 20.4. The van der Waals surface area contributed by atoms with Crippen LogP contribution >= 0.6 is 23.2 Å². The van der Waals surface area contributed by atoms with Crippen LogP contribution in [0.1, 0.15) is 18.4 Å². The highest BCUT2D eigenvalue weighted by molar-refractivity contribution is 6.35. The van der Waals surface area contributed by atoms with Gasteiger partial charge in [-0.2, -0.15) is 0 Å². The van der Waals surface area contributed by atoms with E-state index < -0.39 is 0 Å². The average molecular weight is 429 g/mol. The molecule has 4 nitrogen and oxygen atoms in total. The molecule has 0 bridgehead atoms. The minimum absolute atomic E-state index is 0.189. The number of hydrogen-bond acceptors (Lipinski definition) is 4. The summed E-state index contributed by atoms with van der Waals surface area (Å²) >= 11 is 12.4. The quantitative estimate of drug-likeness (QED) is 0.498. The molecule has 1 unspecified atom stereocenters. The Morgan fingerprint density at radius 1 is 1.07 bits per heavy atom. The largest absolute Gasteiger partial charge is 0.507 e. The lowest BCUT2D eigenvalue weighted by Gasteiger charge is -2.15. The molecular weight excluding hydrogens is 407 g/mol. The number of pyridine rings is 1. The van der Waals surface area contributed by atoms with Crippen molar-refractivity contribution < 1.29 is 9.84 Å². The summed E-state index contributed by atoms with van der Waals surface area (Å²) in [6, 6.07) is 14.8. The Kier molecular flexibility index (Phi) is 5.95. The number of ether oxygens (including phenoxy) is 1. The van der Waals surface area contributed by atoms with Crippen LogP contribution in [0.25, 0.3) is 22.4 Å². The molecule has 4 rings (SSSR count). The van der Waals surface area contributed by atoms with Crippen molar-refractivity contribution in [2.45, 2.75) is 25.9 Å². The average Bonchev–Trinajstić information content (AvgIpc) is 3.21. The Labute approximate surface area is 180 Å². The van der Waals surface area contributed by atoms with E-state index >= 15 is 0 Å². The van der Waals surface area contributed by atoms with Gasteiger partial charge >= 0.3 is 0 Å². The maximum Gasteiger partial charge on any atom is 0.127 e. The van der Waals surface area contributed by atoms with Gasteiger partial charge in [0.2, 0.25) is 0 Å². The zero-order valence-electron chi connectivity index (χ0n) is 16.1. The highest BCUT2D eigenvalue weighted by atomic mass is 35.5. The summed E-state index contributed by atoms with van der Waals surface area (Å²) in [4.78, 5) is 4.74. The van der Waals surface area contributed by atoms with Crippen molar-refractivity contribution in [2.24, 2.45) is 0 Å². The Hall–Kier alpha value is -2.27. The van der Waals surface area contributed by atoms with E-state index in [2.05, 4.69) is 5.32 Å². The van der Waals surface area contributed by atoms with Gasteiger partial charge in [0.1, 0.15) is 11.6 Å². The number of benzene rings is 2. The number of halogens is 2. The third kappa shape index (κ3) is 4.84. The zero-order valence-corrected chi connectivity index (χ0v) is 17.6. The molecule has 1 aromatic heterocycles. The number of hydrogen-bond donors (Lipinski definition) is 2. The molecule has 3 aromatic rings. The molecule has 0 spiro atoms. The number of nitrogens with one attached hydrogen (secondary N) is 1. The molecule has 0 saturated carbocycles. The van der Waals surface area contributed by atoms with Crippen LogP contribution in [0.15, 0.2) is 48.5 Å². The maximum atomic E-state index is 10.4. The van der Waals surface area contributed by atoms with E-state index in [-0.39, 0.29) is 11.9 Å². The number of aromatic nitrogens is 1. The van der Waals surface area contributed by atoms with Crippen LogP contribution in [0.3, 0.4) is 0 Å². The van der Waals surface area contributed by atoms with Gasteiger partial charge in [0.25, 0.3) is 0 Å². The molecule has 1 atom stereocenters. The molecule has 0 aliphatic carbocycles. The molecule has 1 aliphatic heterocycles. The molecule has 1 aliphatic rings. The number of rotatable bonds is 5. The summed E-state index contributed by atoms with van der Waals surface area (Å²) in [5.74, 6) is 0.902. The summed E-state index contributed by atoms with van der Waals surface area (Å²) < 4.78 is 5.71. The molecule has 2 aromatic carbocycles. The van der Waals surface area contributed by atoms with E-state index in [1.165, 1.54) is 0 Å². The molecule has 1 fully saturated rings. The lowest BCUT2D eigenvalue weighted by atomic mass is 10.0. The first-order valence-corrected chi connectivity index (χ1v) is 10.4. The van der Waals surface area contributed by atoms with Gasteiger partial charge in [-0.1, -0.05) is 34.8 Å². The van der Waals surface area contributed by atoms with Gasteiger partial charge < -0.3 is 15.2 Å². The van der Waals surface area contributed by atoms with E-state index in [0.29, 0.717) is 33.7 Å². The standard InChI is InChI=1S/C23H22Cl2N2O2/c1-14-4-5-22(28)20(7-14)21-10-16(15-8-17(24)12-18(25)9-15)11-23(27-21)26-13-19-3-2-6-29-19/h4-5,7-12,19,28H,2-3,6,13H2,1H3,(H,26,27). The maximum absolute atomic E-state index is 10.4. The lowest BCUT2D eigenvalue weighted by Crippen LogP contribution is -2.19. The molecule has 29 heavy (non-hydrogen) atoms. The van der Waals surface area contributed by atoms with E-state index in [1.54, 1.807) is 12.1 Å². The fourth-order valence-electron chi connectivity index (χ4n) is 3.53. The van der Waals surface area contributed by atoms with E-state index in [1.807, 2.05) is 43.3 Å². The van der Waals surface area contributed by atoms with Crippen LogP contribution in [-0.2, 0) is 4.74 Å². The second kappa shape index (κ2) is 8.62. The van der Waals surface area contributed by atoms with Crippen LogP contribution in [-0.4, -0.2) is 29.3 Å². The summed E-state index contributed by atoms with van der Waals surface area (Å²) in [5, 5.41) is 14.9. The van der Waals surface area contributed by atoms with Crippen molar-refractivity contribution in [2.75, 3.05) is 18.5 Å². The number of aromatic hydroxyl groups is 1. The number of anilines is 1. The van der Waals surface area contributed by atoms with Crippen molar-refractivity contribution in [3.63, 3.8) is 0 Å². The van der Waals surface area contributed by atoms with Crippen molar-refractivity contribution in [1.29, 1.82) is 0 Å². The van der Waals surface area contributed by atoms with Gasteiger partial charge in [-0.25, -0.2) is 4.98 Å². The smallest absolute Gasteiger partial charge is 0.127 e. The highest BCUT2D eigenvalue weighted by Gasteiger charge is 2.16. The fraction of sp³-hybridized carbons (Fsp3) is 0.261. The molecule has 150 valence electrons.